The van der Waals surface area contributed by atoms with Crippen LogP contribution in [0.4, 0.5) is 5.13 Å². The molecule has 0 spiro atoms. The number of thiazole rings is 1. The van der Waals surface area contributed by atoms with Gasteiger partial charge in [0.1, 0.15) is 4.88 Å². The number of phenolic OH excluding ortho intramolecular Hbond substituents is 1. The highest BCUT2D eigenvalue weighted by Gasteiger charge is 2.45. The number of aryl methyl sites for hydroxylation is 1. The molecule has 2 N–H and O–H groups in total. The van der Waals surface area contributed by atoms with Gasteiger partial charge in [0.15, 0.2) is 28.2 Å². The Kier molecular flexibility index (Phi) is 7.92. The molecule has 1 unspecified atom stereocenters. The fourth-order valence-corrected chi connectivity index (χ4v) is 5.03. The average Bonchev–Trinajstić information content (AvgIpc) is 3.41. The number of aromatic nitrogens is 1. The van der Waals surface area contributed by atoms with E-state index in [0.717, 1.165) is 16.9 Å². The first-order chi connectivity index (χ1) is 18.3. The molecule has 0 saturated heterocycles. The molecular weight excluding hydrogens is 508 g/mol. The molecule has 0 saturated carbocycles. The SMILES string of the molecule is CCOC(=O)c1sc(N2C(=O)C(O)=C(C(=O)/C=C/c3ccccc3)C2c2ccc(O)c(OCC)c2)nc1C. The van der Waals surface area contributed by atoms with E-state index in [1.165, 1.54) is 29.2 Å². The smallest absolute Gasteiger partial charge is 0.350 e. The van der Waals surface area contributed by atoms with E-state index < -0.39 is 29.5 Å². The first kappa shape index (κ1) is 26.6. The van der Waals surface area contributed by atoms with E-state index in [1.54, 1.807) is 26.8 Å². The zero-order chi connectivity index (χ0) is 27.4. The van der Waals surface area contributed by atoms with Crippen molar-refractivity contribution in [3.63, 3.8) is 0 Å². The number of phenols is 1. The third-order valence-electron chi connectivity index (χ3n) is 5.75. The fraction of sp³-hybridized carbons (Fsp3) is 0.214. The molecule has 0 bridgehead atoms. The second-order valence-corrected chi connectivity index (χ2v) is 9.22. The van der Waals surface area contributed by atoms with Crippen LogP contribution in [0.1, 0.15) is 46.4 Å². The van der Waals surface area contributed by atoms with Crippen LogP contribution >= 0.6 is 11.3 Å². The van der Waals surface area contributed by atoms with Gasteiger partial charge < -0.3 is 19.7 Å². The second-order valence-electron chi connectivity index (χ2n) is 8.24. The third-order valence-corrected chi connectivity index (χ3v) is 6.89. The van der Waals surface area contributed by atoms with Crippen LogP contribution in [0.25, 0.3) is 6.08 Å². The van der Waals surface area contributed by atoms with Crippen LogP contribution in [0, 0.1) is 6.92 Å². The molecule has 38 heavy (non-hydrogen) atoms. The Balaban J connectivity index is 1.83. The van der Waals surface area contributed by atoms with Gasteiger partial charge in [0, 0.05) is 0 Å². The highest BCUT2D eigenvalue weighted by atomic mass is 32.1. The van der Waals surface area contributed by atoms with Crippen molar-refractivity contribution >= 4 is 40.2 Å². The highest BCUT2D eigenvalue weighted by molar-refractivity contribution is 7.17. The number of hydrogen-bond donors (Lipinski definition) is 2. The van der Waals surface area contributed by atoms with E-state index >= 15 is 0 Å². The van der Waals surface area contributed by atoms with E-state index in [1.807, 2.05) is 30.3 Å². The molecule has 1 aliphatic heterocycles. The molecule has 3 aromatic rings. The molecule has 1 aromatic heterocycles. The zero-order valence-corrected chi connectivity index (χ0v) is 21.8. The van der Waals surface area contributed by atoms with Crippen molar-refractivity contribution < 1.29 is 34.1 Å². The average molecular weight is 535 g/mol. The Morgan fingerprint density at radius 3 is 2.53 bits per heavy atom. The van der Waals surface area contributed by atoms with E-state index in [0.29, 0.717) is 11.3 Å². The summed E-state index contributed by atoms with van der Waals surface area (Å²) in [6.45, 7) is 5.48. The quantitative estimate of drug-likeness (QED) is 0.293. The van der Waals surface area contributed by atoms with Gasteiger partial charge in [-0.2, -0.15) is 0 Å². The molecule has 0 fully saturated rings. The van der Waals surface area contributed by atoms with E-state index in [4.69, 9.17) is 9.47 Å². The van der Waals surface area contributed by atoms with Gasteiger partial charge in [-0.1, -0.05) is 53.8 Å². The summed E-state index contributed by atoms with van der Waals surface area (Å²) in [5, 5.41) is 21.3. The molecule has 0 radical (unpaired) electrons. The number of benzene rings is 2. The van der Waals surface area contributed by atoms with Gasteiger partial charge in [-0.15, -0.1) is 0 Å². The molecule has 2 heterocycles. The van der Waals surface area contributed by atoms with Crippen molar-refractivity contribution in [3.8, 4) is 11.5 Å². The maximum atomic E-state index is 13.4. The monoisotopic (exact) mass is 534 g/mol. The summed E-state index contributed by atoms with van der Waals surface area (Å²) in [4.78, 5) is 45.0. The number of anilines is 1. The van der Waals surface area contributed by atoms with E-state index in [9.17, 15) is 24.6 Å². The number of nitrogens with zero attached hydrogens (tertiary/aromatic N) is 2. The third kappa shape index (κ3) is 5.16. The largest absolute Gasteiger partial charge is 0.504 e. The minimum Gasteiger partial charge on any atom is -0.504 e. The molecule has 2 aromatic carbocycles. The lowest BCUT2D eigenvalue weighted by molar-refractivity contribution is -0.117. The molecule has 1 amide bonds. The Labute approximate surface area is 223 Å². The van der Waals surface area contributed by atoms with Crippen LogP contribution in [0.2, 0.25) is 0 Å². The number of allylic oxidation sites excluding steroid dienone is 1. The minimum atomic E-state index is -1.10. The highest BCUT2D eigenvalue weighted by Crippen LogP contribution is 2.44. The van der Waals surface area contributed by atoms with Crippen molar-refractivity contribution in [3.05, 3.63) is 87.6 Å². The summed E-state index contributed by atoms with van der Waals surface area (Å²) < 4.78 is 10.6. The molecular formula is C28H26N2O7S. The van der Waals surface area contributed by atoms with Crippen molar-refractivity contribution in [1.82, 2.24) is 4.98 Å². The first-order valence-corrected chi connectivity index (χ1v) is 12.7. The summed E-state index contributed by atoms with van der Waals surface area (Å²) in [6, 6.07) is 12.4. The predicted molar refractivity (Wildman–Crippen MR) is 142 cm³/mol. The second kappa shape index (κ2) is 11.3. The lowest BCUT2D eigenvalue weighted by atomic mass is 9.95. The van der Waals surface area contributed by atoms with Crippen LogP contribution in [0.15, 0.2) is 65.9 Å². The molecule has 4 rings (SSSR count). The number of ketones is 1. The summed E-state index contributed by atoms with van der Waals surface area (Å²) in [7, 11) is 0. The van der Waals surface area contributed by atoms with E-state index in [-0.39, 0.29) is 40.3 Å². The molecule has 1 aliphatic rings. The van der Waals surface area contributed by atoms with Crippen LogP contribution in [0.3, 0.4) is 0 Å². The number of hydrogen-bond acceptors (Lipinski definition) is 9. The Bertz CT molecular complexity index is 1440. The number of amides is 1. The molecule has 9 nitrogen and oxygen atoms in total. The van der Waals surface area contributed by atoms with Crippen molar-refractivity contribution in [2.75, 3.05) is 18.1 Å². The van der Waals surface area contributed by atoms with Crippen LogP contribution in [0.5, 0.6) is 11.5 Å². The molecule has 196 valence electrons. The summed E-state index contributed by atoms with van der Waals surface area (Å²) in [5.74, 6) is -2.71. The topological polar surface area (TPSA) is 126 Å². The standard InChI is InChI=1S/C28H26N2O7S/c1-4-36-21-15-18(12-14-19(21)31)23-22(20(32)13-11-17-9-7-6-8-10-17)24(33)26(34)30(23)28-29-16(3)25(38-28)27(35)37-5-2/h6-15,23,31,33H,4-5H2,1-3H3/b13-11+. The van der Waals surface area contributed by atoms with Crippen LogP contribution in [-0.4, -0.2) is 46.1 Å². The predicted octanol–water partition coefficient (Wildman–Crippen LogP) is 4.92. The summed E-state index contributed by atoms with van der Waals surface area (Å²) in [6.07, 6.45) is 2.87. The number of aliphatic hydroxyl groups excluding tert-OH is 1. The number of aliphatic hydroxyl groups is 1. The minimum absolute atomic E-state index is 0.105. The summed E-state index contributed by atoms with van der Waals surface area (Å²) >= 11 is 0.922. The van der Waals surface area contributed by atoms with Crippen molar-refractivity contribution in [2.24, 2.45) is 0 Å². The fourth-order valence-electron chi connectivity index (χ4n) is 4.04. The van der Waals surface area contributed by atoms with Crippen molar-refractivity contribution in [1.29, 1.82) is 0 Å². The Hall–Kier alpha value is -4.44. The number of ether oxygens (including phenoxy) is 2. The summed E-state index contributed by atoms with van der Waals surface area (Å²) in [5.41, 5.74) is 1.34. The number of carbonyl (C=O) groups is 3. The number of carbonyl (C=O) groups excluding carboxylic acids is 3. The van der Waals surface area contributed by atoms with Gasteiger partial charge >= 0.3 is 5.97 Å². The van der Waals surface area contributed by atoms with E-state index in [2.05, 4.69) is 4.98 Å². The maximum Gasteiger partial charge on any atom is 0.350 e. The lowest BCUT2D eigenvalue weighted by Gasteiger charge is -2.24. The lowest BCUT2D eigenvalue weighted by Crippen LogP contribution is -2.30. The number of aromatic hydroxyl groups is 1. The van der Waals surface area contributed by atoms with Gasteiger partial charge in [0.25, 0.3) is 5.91 Å². The van der Waals surface area contributed by atoms with Crippen molar-refractivity contribution in [2.45, 2.75) is 26.8 Å². The number of rotatable bonds is 9. The molecule has 0 aliphatic carbocycles. The normalized spacial score (nSPS) is 15.4. The van der Waals surface area contributed by atoms with Crippen LogP contribution in [-0.2, 0) is 14.3 Å². The molecule has 10 heteroatoms. The van der Waals surface area contributed by atoms with Gasteiger partial charge in [-0.25, -0.2) is 9.78 Å². The molecule has 1 atom stereocenters. The maximum absolute atomic E-state index is 13.4. The van der Waals surface area contributed by atoms with Crippen LogP contribution < -0.4 is 9.64 Å². The van der Waals surface area contributed by atoms with Gasteiger partial charge in [-0.05, 0) is 50.1 Å². The zero-order valence-electron chi connectivity index (χ0n) is 21.0. The number of esters is 1. The van der Waals surface area contributed by atoms with Gasteiger partial charge in [-0.3, -0.25) is 14.5 Å². The Morgan fingerprint density at radius 2 is 1.84 bits per heavy atom. The van der Waals surface area contributed by atoms with Gasteiger partial charge in [0.2, 0.25) is 0 Å². The van der Waals surface area contributed by atoms with Gasteiger partial charge in [0.05, 0.1) is 30.5 Å². The first-order valence-electron chi connectivity index (χ1n) is 11.9. The Morgan fingerprint density at radius 1 is 1.11 bits per heavy atom.